The summed E-state index contributed by atoms with van der Waals surface area (Å²) in [6.45, 7) is 1.45. The first-order valence-electron chi connectivity index (χ1n) is 9.13. The summed E-state index contributed by atoms with van der Waals surface area (Å²) in [5, 5.41) is 10.9. The third kappa shape index (κ3) is 4.09. The van der Waals surface area contributed by atoms with Gasteiger partial charge in [-0.3, -0.25) is 10.1 Å². The van der Waals surface area contributed by atoms with E-state index in [0.29, 0.717) is 5.56 Å². The maximum Gasteiger partial charge on any atom is 0.339 e. The molecule has 0 bridgehead atoms. The van der Waals surface area contributed by atoms with Gasteiger partial charge in [-0.15, -0.1) is 0 Å². The molecule has 1 aliphatic carbocycles. The van der Waals surface area contributed by atoms with Crippen LogP contribution in [0.4, 0.5) is 5.69 Å². The second-order valence-electron chi connectivity index (χ2n) is 6.90. The summed E-state index contributed by atoms with van der Waals surface area (Å²) in [4.78, 5) is 61.2. The largest absolute Gasteiger partial charge is 0.466 e. The molecule has 0 saturated heterocycles. The van der Waals surface area contributed by atoms with Crippen LogP contribution in [0, 0.1) is 15.5 Å². The number of methoxy groups -OCH3 is 4. The van der Waals surface area contributed by atoms with Gasteiger partial charge in [-0.1, -0.05) is 19.1 Å². The quantitative estimate of drug-likeness (QED) is 0.260. The number of carbonyl (C=O) groups is 4. The minimum atomic E-state index is -1.59. The molecule has 0 radical (unpaired) electrons. The van der Waals surface area contributed by atoms with Gasteiger partial charge >= 0.3 is 23.9 Å². The topological polar surface area (TPSA) is 148 Å². The molecule has 0 N–H and O–H groups in total. The molecule has 0 atom stereocenters. The lowest BCUT2D eigenvalue weighted by Crippen LogP contribution is -2.32. The van der Waals surface area contributed by atoms with Crippen molar-refractivity contribution in [3.63, 3.8) is 0 Å². The molecular weight excluding hydrogens is 426 g/mol. The van der Waals surface area contributed by atoms with Gasteiger partial charge in [0.25, 0.3) is 5.69 Å². The van der Waals surface area contributed by atoms with Crippen LogP contribution in [-0.4, -0.2) is 57.2 Å². The average Bonchev–Trinajstić information content (AvgIpc) is 3.05. The minimum absolute atomic E-state index is 0.110. The van der Waals surface area contributed by atoms with Crippen molar-refractivity contribution in [2.24, 2.45) is 5.41 Å². The van der Waals surface area contributed by atoms with Crippen molar-refractivity contribution in [3.05, 3.63) is 62.2 Å². The Morgan fingerprint density at radius 2 is 1.16 bits per heavy atom. The molecule has 0 unspecified atom stereocenters. The van der Waals surface area contributed by atoms with Gasteiger partial charge in [0.05, 0.1) is 55.7 Å². The van der Waals surface area contributed by atoms with Crippen LogP contribution < -0.4 is 0 Å². The zero-order valence-electron chi connectivity index (χ0n) is 18.0. The predicted octanol–water partition coefficient (Wildman–Crippen LogP) is 1.44. The normalized spacial score (nSPS) is 14.7. The van der Waals surface area contributed by atoms with Crippen molar-refractivity contribution in [1.82, 2.24) is 0 Å². The predicted molar refractivity (Wildman–Crippen MR) is 107 cm³/mol. The summed E-state index contributed by atoms with van der Waals surface area (Å²) in [7, 11) is 4.24. The molecule has 0 spiro atoms. The standard InChI is InChI=1S/C21H21NO10/c1-21(10-11-6-8-12(9-7-11)22(27)28)15(19(25)31-4)13(17(23)29-2)14(18(24)30-3)16(21)20(26)32-5/h6-9H,10H2,1-5H3. The highest BCUT2D eigenvalue weighted by atomic mass is 16.6. The molecule has 0 aromatic heterocycles. The van der Waals surface area contributed by atoms with E-state index in [2.05, 4.69) is 0 Å². The molecule has 1 aromatic carbocycles. The number of hydrogen-bond donors (Lipinski definition) is 0. The Balaban J connectivity index is 2.87. The number of nitro benzene ring substituents is 1. The second kappa shape index (κ2) is 9.41. The van der Waals surface area contributed by atoms with Crippen LogP contribution in [-0.2, 0) is 44.5 Å². The Bertz CT molecular complexity index is 997. The van der Waals surface area contributed by atoms with E-state index < -0.39 is 45.4 Å². The number of rotatable bonds is 7. The zero-order chi connectivity index (χ0) is 24.2. The number of hydrogen-bond acceptors (Lipinski definition) is 10. The SMILES string of the molecule is COC(=O)C1=C(C(=O)OC)C(C)(Cc2ccc([N+](=O)[O-])cc2)C(C(=O)OC)=C1C(=O)OC. The van der Waals surface area contributed by atoms with Gasteiger partial charge in [0.2, 0.25) is 0 Å². The molecule has 0 heterocycles. The van der Waals surface area contributed by atoms with Crippen LogP contribution in [0.2, 0.25) is 0 Å². The molecule has 1 aliphatic rings. The van der Waals surface area contributed by atoms with E-state index in [0.717, 1.165) is 28.4 Å². The molecule has 0 fully saturated rings. The molecule has 0 amide bonds. The smallest absolute Gasteiger partial charge is 0.339 e. The number of ether oxygens (including phenoxy) is 4. The van der Waals surface area contributed by atoms with Gasteiger partial charge in [-0.2, -0.15) is 0 Å². The molecule has 170 valence electrons. The van der Waals surface area contributed by atoms with Crippen LogP contribution >= 0.6 is 0 Å². The van der Waals surface area contributed by atoms with Crippen molar-refractivity contribution in [1.29, 1.82) is 0 Å². The van der Waals surface area contributed by atoms with Crippen LogP contribution in [0.1, 0.15) is 12.5 Å². The van der Waals surface area contributed by atoms with Gasteiger partial charge in [0.15, 0.2) is 0 Å². The fraction of sp³-hybridized carbons (Fsp3) is 0.333. The Morgan fingerprint density at radius 3 is 1.47 bits per heavy atom. The average molecular weight is 447 g/mol. The first-order chi connectivity index (χ1) is 15.1. The van der Waals surface area contributed by atoms with Gasteiger partial charge in [0.1, 0.15) is 0 Å². The van der Waals surface area contributed by atoms with Crippen LogP contribution in [0.25, 0.3) is 0 Å². The van der Waals surface area contributed by atoms with E-state index in [-0.39, 0.29) is 23.3 Å². The van der Waals surface area contributed by atoms with Crippen molar-refractivity contribution in [2.45, 2.75) is 13.3 Å². The van der Waals surface area contributed by atoms with Gasteiger partial charge < -0.3 is 18.9 Å². The van der Waals surface area contributed by atoms with Crippen LogP contribution in [0.3, 0.4) is 0 Å². The Morgan fingerprint density at radius 1 is 0.781 bits per heavy atom. The van der Waals surface area contributed by atoms with E-state index in [1.165, 1.54) is 31.2 Å². The van der Waals surface area contributed by atoms with E-state index in [4.69, 9.17) is 18.9 Å². The Labute approximate surface area is 182 Å². The third-order valence-electron chi connectivity index (χ3n) is 5.12. The molecule has 11 heteroatoms. The summed E-state index contributed by atoms with van der Waals surface area (Å²) >= 11 is 0. The lowest BCUT2D eigenvalue weighted by atomic mass is 9.73. The van der Waals surface area contributed by atoms with E-state index in [1.54, 1.807) is 0 Å². The second-order valence-corrected chi connectivity index (χ2v) is 6.90. The lowest BCUT2D eigenvalue weighted by Gasteiger charge is -2.29. The first-order valence-corrected chi connectivity index (χ1v) is 9.13. The fourth-order valence-corrected chi connectivity index (χ4v) is 3.72. The number of nitrogens with zero attached hydrogens (tertiary/aromatic N) is 1. The molecule has 11 nitrogen and oxygen atoms in total. The molecule has 32 heavy (non-hydrogen) atoms. The maximum absolute atomic E-state index is 12.8. The Hall–Kier alpha value is -4.02. The lowest BCUT2D eigenvalue weighted by molar-refractivity contribution is -0.384. The van der Waals surface area contributed by atoms with Crippen molar-refractivity contribution >= 4 is 29.6 Å². The number of non-ortho nitro benzene ring substituents is 1. The first kappa shape index (κ1) is 24.3. The molecule has 0 saturated carbocycles. The number of carbonyl (C=O) groups excluding carboxylic acids is 4. The summed E-state index contributed by atoms with van der Waals surface area (Å²) in [5.74, 6) is -4.07. The molecule has 2 rings (SSSR count). The molecular formula is C21H21NO10. The summed E-state index contributed by atoms with van der Waals surface area (Å²) in [6.07, 6.45) is -0.110. The van der Waals surface area contributed by atoms with E-state index in [1.807, 2.05) is 0 Å². The van der Waals surface area contributed by atoms with Crippen molar-refractivity contribution in [2.75, 3.05) is 28.4 Å². The molecule has 0 aliphatic heterocycles. The van der Waals surface area contributed by atoms with Crippen molar-refractivity contribution in [3.8, 4) is 0 Å². The highest BCUT2D eigenvalue weighted by molar-refractivity contribution is 6.19. The Kier molecular flexibility index (Phi) is 7.14. The van der Waals surface area contributed by atoms with Gasteiger partial charge in [-0.25, -0.2) is 19.2 Å². The summed E-state index contributed by atoms with van der Waals surface area (Å²) in [6, 6.07) is 5.36. The highest BCUT2D eigenvalue weighted by Gasteiger charge is 2.54. The molecule has 1 aromatic rings. The zero-order valence-corrected chi connectivity index (χ0v) is 18.0. The minimum Gasteiger partial charge on any atom is -0.466 e. The maximum atomic E-state index is 12.8. The van der Waals surface area contributed by atoms with E-state index in [9.17, 15) is 29.3 Å². The van der Waals surface area contributed by atoms with Crippen molar-refractivity contribution < 1.29 is 43.0 Å². The summed E-state index contributed by atoms with van der Waals surface area (Å²) in [5.41, 5.74) is -2.84. The third-order valence-corrected chi connectivity index (χ3v) is 5.12. The van der Waals surface area contributed by atoms with Gasteiger partial charge in [-0.05, 0) is 12.0 Å². The van der Waals surface area contributed by atoms with Crippen LogP contribution in [0.5, 0.6) is 0 Å². The fourth-order valence-electron chi connectivity index (χ4n) is 3.72. The number of nitro groups is 1. The van der Waals surface area contributed by atoms with Gasteiger partial charge in [0, 0.05) is 17.5 Å². The summed E-state index contributed by atoms with van der Waals surface area (Å²) < 4.78 is 19.2. The van der Waals surface area contributed by atoms with Crippen LogP contribution in [0.15, 0.2) is 46.6 Å². The monoisotopic (exact) mass is 447 g/mol. The van der Waals surface area contributed by atoms with E-state index >= 15 is 0 Å². The highest BCUT2D eigenvalue weighted by Crippen LogP contribution is 2.50. The number of benzene rings is 1. The number of esters is 4.